The van der Waals surface area contributed by atoms with Gasteiger partial charge in [-0.15, -0.1) is 0 Å². The van der Waals surface area contributed by atoms with E-state index in [-0.39, 0.29) is 10.9 Å². The van der Waals surface area contributed by atoms with Crippen LogP contribution in [0.25, 0.3) is 0 Å². The van der Waals surface area contributed by atoms with Gasteiger partial charge in [-0.2, -0.15) is 16.1 Å². The Balaban J connectivity index is 3.30. The first-order valence-electron chi connectivity index (χ1n) is 5.97. The molecule has 0 heterocycles. The van der Waals surface area contributed by atoms with Gasteiger partial charge >= 0.3 is 0 Å². The van der Waals surface area contributed by atoms with Crippen LogP contribution in [0.1, 0.15) is 13.3 Å². The molecule has 0 aliphatic heterocycles. The molecular weight excluding hydrogens is 428 g/mol. The summed E-state index contributed by atoms with van der Waals surface area (Å²) < 4.78 is 27.9. The van der Waals surface area contributed by atoms with Gasteiger partial charge in [0.05, 0.1) is 0 Å². The molecule has 0 amide bonds. The summed E-state index contributed by atoms with van der Waals surface area (Å²) in [6.45, 7) is 1.99. The first-order chi connectivity index (χ1) is 9.25. The Bertz CT molecular complexity index is 556. The Morgan fingerprint density at radius 3 is 2.25 bits per heavy atom. The number of nitrogens with two attached hydrogens (primary N) is 1. The van der Waals surface area contributed by atoms with Crippen molar-refractivity contribution in [1.29, 1.82) is 0 Å². The Hall–Kier alpha value is 0.240. The van der Waals surface area contributed by atoms with Crippen LogP contribution in [-0.4, -0.2) is 37.8 Å². The summed E-state index contributed by atoms with van der Waals surface area (Å²) in [5.74, 6) is 0.760. The van der Waals surface area contributed by atoms with Crippen molar-refractivity contribution < 1.29 is 8.42 Å². The third kappa shape index (κ3) is 3.91. The van der Waals surface area contributed by atoms with Crippen LogP contribution < -0.4 is 5.73 Å². The van der Waals surface area contributed by atoms with Crippen molar-refractivity contribution >= 4 is 59.3 Å². The van der Waals surface area contributed by atoms with E-state index in [1.54, 1.807) is 30.9 Å². The number of hydrogen-bond acceptors (Lipinski definition) is 4. The van der Waals surface area contributed by atoms with Crippen molar-refractivity contribution in [2.75, 3.05) is 24.8 Å². The number of nitrogen functional groups attached to an aromatic ring is 1. The van der Waals surface area contributed by atoms with Gasteiger partial charge in [-0.3, -0.25) is 0 Å². The second-order valence-corrected chi connectivity index (χ2v) is 8.91. The average Bonchev–Trinajstić information content (AvgIpc) is 2.33. The smallest absolute Gasteiger partial charge is 0.245 e. The number of hydrogen-bond donors (Lipinski definition) is 1. The quantitative estimate of drug-likeness (QED) is 0.680. The van der Waals surface area contributed by atoms with E-state index >= 15 is 0 Å². The maximum atomic E-state index is 12.8. The van der Waals surface area contributed by atoms with Gasteiger partial charge in [-0.25, -0.2) is 8.42 Å². The predicted molar refractivity (Wildman–Crippen MR) is 93.7 cm³/mol. The lowest BCUT2D eigenvalue weighted by atomic mass is 10.3. The summed E-state index contributed by atoms with van der Waals surface area (Å²) in [6.07, 6.45) is 2.74. The van der Waals surface area contributed by atoms with Gasteiger partial charge in [-0.1, -0.05) is 6.92 Å². The van der Waals surface area contributed by atoms with Crippen molar-refractivity contribution in [2.24, 2.45) is 0 Å². The molecule has 0 bridgehead atoms. The van der Waals surface area contributed by atoms with Crippen molar-refractivity contribution in [2.45, 2.75) is 24.3 Å². The molecule has 1 atom stereocenters. The van der Waals surface area contributed by atoms with Gasteiger partial charge in [-0.05, 0) is 56.7 Å². The minimum atomic E-state index is -3.58. The van der Waals surface area contributed by atoms with E-state index in [1.165, 1.54) is 4.31 Å². The predicted octanol–water partition coefficient (Wildman–Crippen LogP) is 3.56. The largest absolute Gasteiger partial charge is 0.399 e. The Labute approximate surface area is 141 Å². The molecule has 0 spiro atoms. The van der Waals surface area contributed by atoms with E-state index in [0.717, 1.165) is 12.2 Å². The fourth-order valence-electron chi connectivity index (χ4n) is 1.84. The molecule has 0 saturated carbocycles. The maximum Gasteiger partial charge on any atom is 0.245 e. The highest BCUT2D eigenvalue weighted by molar-refractivity contribution is 9.11. The van der Waals surface area contributed by atoms with E-state index in [0.29, 0.717) is 14.6 Å². The van der Waals surface area contributed by atoms with Crippen molar-refractivity contribution in [3.63, 3.8) is 0 Å². The van der Waals surface area contributed by atoms with Gasteiger partial charge in [0.25, 0.3) is 0 Å². The van der Waals surface area contributed by atoms with Crippen molar-refractivity contribution in [3.8, 4) is 0 Å². The topological polar surface area (TPSA) is 63.4 Å². The lowest BCUT2D eigenvalue weighted by Crippen LogP contribution is -2.38. The van der Waals surface area contributed by atoms with E-state index in [4.69, 9.17) is 5.73 Å². The molecule has 2 N–H and O–H groups in total. The fourth-order valence-corrected chi connectivity index (χ4v) is 6.74. The van der Waals surface area contributed by atoms with E-state index in [9.17, 15) is 8.42 Å². The number of anilines is 1. The lowest BCUT2D eigenvalue weighted by molar-refractivity contribution is 0.385. The molecule has 0 aliphatic carbocycles. The summed E-state index contributed by atoms with van der Waals surface area (Å²) in [6, 6.07) is 3.16. The second-order valence-electron chi connectivity index (χ2n) is 4.35. The number of thioether (sulfide) groups is 1. The van der Waals surface area contributed by atoms with Gasteiger partial charge in [0, 0.05) is 33.5 Å². The van der Waals surface area contributed by atoms with Gasteiger partial charge < -0.3 is 5.73 Å². The third-order valence-electron chi connectivity index (χ3n) is 3.00. The van der Waals surface area contributed by atoms with Gasteiger partial charge in [0.1, 0.15) is 4.90 Å². The highest BCUT2D eigenvalue weighted by atomic mass is 79.9. The van der Waals surface area contributed by atoms with E-state index in [1.807, 2.05) is 13.2 Å². The number of rotatable bonds is 6. The third-order valence-corrected chi connectivity index (χ3v) is 7.51. The summed E-state index contributed by atoms with van der Waals surface area (Å²) in [7, 11) is -1.96. The summed E-state index contributed by atoms with van der Waals surface area (Å²) >= 11 is 8.22. The lowest BCUT2D eigenvalue weighted by Gasteiger charge is -2.27. The SMILES string of the molecule is CCC(CSC)N(C)S(=O)(=O)c1c(Br)cc(N)cc1Br. The summed E-state index contributed by atoms with van der Waals surface area (Å²) in [5.41, 5.74) is 6.21. The minimum Gasteiger partial charge on any atom is -0.399 e. The fraction of sp³-hybridized carbons (Fsp3) is 0.500. The minimum absolute atomic E-state index is 0.0358. The summed E-state index contributed by atoms with van der Waals surface area (Å²) in [4.78, 5) is 0.216. The molecule has 0 saturated heterocycles. The highest BCUT2D eigenvalue weighted by Crippen LogP contribution is 2.35. The van der Waals surface area contributed by atoms with Crippen LogP contribution in [0.4, 0.5) is 5.69 Å². The molecule has 0 fully saturated rings. The normalized spacial score (nSPS) is 13.7. The molecular formula is C12H18Br2N2O2S2. The molecule has 0 aromatic heterocycles. The number of halogens is 2. The molecule has 4 nitrogen and oxygen atoms in total. The van der Waals surface area contributed by atoms with Crippen LogP contribution in [0.2, 0.25) is 0 Å². The molecule has 8 heteroatoms. The van der Waals surface area contributed by atoms with Gasteiger partial charge in [0.15, 0.2) is 0 Å². The maximum absolute atomic E-state index is 12.8. The zero-order valence-corrected chi connectivity index (χ0v) is 16.4. The van der Waals surface area contributed by atoms with Crippen LogP contribution in [-0.2, 0) is 10.0 Å². The van der Waals surface area contributed by atoms with E-state index in [2.05, 4.69) is 31.9 Å². The monoisotopic (exact) mass is 444 g/mol. The molecule has 0 radical (unpaired) electrons. The van der Waals surface area contributed by atoms with Gasteiger partial charge in [0.2, 0.25) is 10.0 Å². The highest BCUT2D eigenvalue weighted by Gasteiger charge is 2.30. The van der Waals surface area contributed by atoms with Crippen molar-refractivity contribution in [1.82, 2.24) is 4.31 Å². The molecule has 20 heavy (non-hydrogen) atoms. The van der Waals surface area contributed by atoms with Crippen LogP contribution in [0, 0.1) is 0 Å². The van der Waals surface area contributed by atoms with Crippen LogP contribution in [0.15, 0.2) is 26.0 Å². The van der Waals surface area contributed by atoms with Crippen LogP contribution in [0.3, 0.4) is 0 Å². The molecule has 1 aromatic rings. The molecule has 1 unspecified atom stereocenters. The zero-order chi connectivity index (χ0) is 15.5. The van der Waals surface area contributed by atoms with Crippen molar-refractivity contribution in [3.05, 3.63) is 21.1 Å². The molecule has 0 aliphatic rings. The first-order valence-corrected chi connectivity index (χ1v) is 10.4. The summed E-state index contributed by atoms with van der Waals surface area (Å²) in [5, 5.41) is 0. The second kappa shape index (κ2) is 7.49. The Morgan fingerprint density at radius 1 is 1.35 bits per heavy atom. The number of sulfonamides is 1. The average molecular weight is 446 g/mol. The zero-order valence-electron chi connectivity index (χ0n) is 11.6. The first kappa shape index (κ1) is 18.3. The Kier molecular flexibility index (Phi) is 6.85. The molecule has 1 rings (SSSR count). The molecule has 114 valence electrons. The number of nitrogens with zero attached hydrogens (tertiary/aromatic N) is 1. The van der Waals surface area contributed by atoms with E-state index < -0.39 is 10.0 Å². The standard InChI is InChI=1S/C12H18Br2N2O2S2/c1-4-9(7-19-3)16(2)20(17,18)12-10(13)5-8(15)6-11(12)14/h5-6,9H,4,7,15H2,1-3H3. The van der Waals surface area contributed by atoms with Crippen LogP contribution >= 0.6 is 43.6 Å². The molecule has 1 aromatic carbocycles. The Morgan fingerprint density at radius 2 is 1.85 bits per heavy atom. The van der Waals surface area contributed by atoms with Crippen LogP contribution in [0.5, 0.6) is 0 Å². The number of benzene rings is 1.